The van der Waals surface area contributed by atoms with Crippen LogP contribution in [0.1, 0.15) is 13.3 Å². The van der Waals surface area contributed by atoms with Crippen LogP contribution in [0.5, 0.6) is 0 Å². The van der Waals surface area contributed by atoms with Gasteiger partial charge in [0.15, 0.2) is 18.3 Å². The Morgan fingerprint density at radius 2 is 2.23 bits per heavy atom. The lowest BCUT2D eigenvalue weighted by Crippen LogP contribution is -2.27. The Kier molecular flexibility index (Phi) is 8.44. The highest BCUT2D eigenvalue weighted by Crippen LogP contribution is 2.06. The number of hydrogen-bond acceptors (Lipinski definition) is 5. The SMILES string of the molecule is CC\C=C/C(=N\N=C\N=NC1C=CC=CN1C)N(C)CCO. The molecule has 0 aromatic rings. The van der Waals surface area contributed by atoms with Gasteiger partial charge in [0.05, 0.1) is 6.61 Å². The third-order valence-corrected chi connectivity index (χ3v) is 2.91. The fourth-order valence-electron chi connectivity index (χ4n) is 1.62. The Labute approximate surface area is 131 Å². The van der Waals surface area contributed by atoms with Crippen molar-refractivity contribution in [1.29, 1.82) is 0 Å². The van der Waals surface area contributed by atoms with Crippen molar-refractivity contribution in [3.63, 3.8) is 0 Å². The zero-order valence-electron chi connectivity index (χ0n) is 13.4. The molecule has 7 nitrogen and oxygen atoms in total. The first-order valence-corrected chi connectivity index (χ1v) is 7.24. The van der Waals surface area contributed by atoms with E-state index in [4.69, 9.17) is 5.11 Å². The fourth-order valence-corrected chi connectivity index (χ4v) is 1.62. The Hall–Kier alpha value is -2.28. The van der Waals surface area contributed by atoms with E-state index < -0.39 is 0 Å². The molecule has 120 valence electrons. The molecule has 0 amide bonds. The molecule has 1 rings (SSSR count). The van der Waals surface area contributed by atoms with Gasteiger partial charge in [-0.3, -0.25) is 0 Å². The van der Waals surface area contributed by atoms with Crippen LogP contribution in [-0.4, -0.2) is 60.5 Å². The quantitative estimate of drug-likeness (QED) is 0.338. The smallest absolute Gasteiger partial charge is 0.161 e. The highest BCUT2D eigenvalue weighted by atomic mass is 16.3. The van der Waals surface area contributed by atoms with Crippen LogP contribution >= 0.6 is 0 Å². The van der Waals surface area contributed by atoms with Gasteiger partial charge >= 0.3 is 0 Å². The molecule has 1 aliphatic rings. The number of aliphatic hydroxyl groups excluding tert-OH is 1. The van der Waals surface area contributed by atoms with E-state index in [1.54, 1.807) is 0 Å². The number of allylic oxidation sites excluding steroid dienone is 3. The van der Waals surface area contributed by atoms with E-state index in [-0.39, 0.29) is 12.8 Å². The largest absolute Gasteiger partial charge is 0.395 e. The van der Waals surface area contributed by atoms with Crippen LogP contribution in [0.25, 0.3) is 0 Å². The van der Waals surface area contributed by atoms with E-state index in [1.807, 2.05) is 67.4 Å². The minimum absolute atomic E-state index is 0.0623. The second kappa shape index (κ2) is 10.4. The van der Waals surface area contributed by atoms with Crippen molar-refractivity contribution in [2.45, 2.75) is 19.5 Å². The van der Waals surface area contributed by atoms with Crippen LogP contribution < -0.4 is 0 Å². The fraction of sp³-hybridized carbons (Fsp3) is 0.467. The second-order valence-electron chi connectivity index (χ2n) is 4.68. The Morgan fingerprint density at radius 1 is 1.41 bits per heavy atom. The number of aliphatic hydroxyl groups is 1. The van der Waals surface area contributed by atoms with Gasteiger partial charge in [0.1, 0.15) is 0 Å². The van der Waals surface area contributed by atoms with Crippen LogP contribution in [0.3, 0.4) is 0 Å². The molecular formula is C15H24N6O. The van der Waals surface area contributed by atoms with Gasteiger partial charge < -0.3 is 14.9 Å². The Bertz CT molecular complexity index is 492. The number of amidine groups is 1. The summed E-state index contributed by atoms with van der Waals surface area (Å²) in [5, 5.41) is 25.0. The first-order chi connectivity index (χ1) is 10.7. The summed E-state index contributed by atoms with van der Waals surface area (Å²) in [5.74, 6) is 0.667. The minimum Gasteiger partial charge on any atom is -0.395 e. The summed E-state index contributed by atoms with van der Waals surface area (Å²) in [6, 6.07) is 0. The normalized spacial score (nSPS) is 19.2. The minimum atomic E-state index is -0.114. The lowest BCUT2D eigenvalue weighted by molar-refractivity contribution is 0.264. The molecule has 0 fully saturated rings. The molecule has 7 heteroatoms. The van der Waals surface area contributed by atoms with Gasteiger partial charge in [0.2, 0.25) is 0 Å². The van der Waals surface area contributed by atoms with Crippen LogP contribution in [0.2, 0.25) is 0 Å². The number of rotatable bonds is 7. The summed E-state index contributed by atoms with van der Waals surface area (Å²) >= 11 is 0. The van der Waals surface area contributed by atoms with Gasteiger partial charge in [-0.2, -0.15) is 5.11 Å². The molecule has 22 heavy (non-hydrogen) atoms. The lowest BCUT2D eigenvalue weighted by Gasteiger charge is -2.20. The lowest BCUT2D eigenvalue weighted by atomic mass is 10.3. The summed E-state index contributed by atoms with van der Waals surface area (Å²) in [7, 11) is 3.77. The van der Waals surface area contributed by atoms with Crippen molar-refractivity contribution < 1.29 is 5.11 Å². The number of nitrogens with zero attached hydrogens (tertiary/aromatic N) is 6. The third kappa shape index (κ3) is 6.45. The molecule has 1 unspecified atom stereocenters. The summed E-state index contributed by atoms with van der Waals surface area (Å²) in [5.41, 5.74) is 0. The molecule has 1 atom stereocenters. The molecule has 0 aliphatic carbocycles. The molecular weight excluding hydrogens is 280 g/mol. The van der Waals surface area contributed by atoms with Crippen molar-refractivity contribution in [2.75, 3.05) is 27.2 Å². The van der Waals surface area contributed by atoms with Crippen LogP contribution in [0, 0.1) is 0 Å². The summed E-state index contributed by atoms with van der Waals surface area (Å²) in [4.78, 5) is 3.76. The molecule has 0 aromatic heterocycles. The molecule has 1 heterocycles. The molecule has 1 N–H and O–H groups in total. The van der Waals surface area contributed by atoms with Gasteiger partial charge in [-0.1, -0.05) is 19.1 Å². The molecule has 0 saturated heterocycles. The van der Waals surface area contributed by atoms with Gasteiger partial charge in [0.25, 0.3) is 0 Å². The van der Waals surface area contributed by atoms with E-state index in [9.17, 15) is 0 Å². The highest BCUT2D eigenvalue weighted by molar-refractivity contribution is 5.92. The van der Waals surface area contributed by atoms with Crippen molar-refractivity contribution in [2.24, 2.45) is 20.4 Å². The maximum absolute atomic E-state index is 8.98. The molecule has 1 aliphatic heterocycles. The van der Waals surface area contributed by atoms with E-state index in [0.29, 0.717) is 12.4 Å². The van der Waals surface area contributed by atoms with Crippen LogP contribution in [0.15, 0.2) is 57.0 Å². The van der Waals surface area contributed by atoms with Crippen LogP contribution in [0.4, 0.5) is 0 Å². The van der Waals surface area contributed by atoms with E-state index >= 15 is 0 Å². The molecule has 0 aromatic carbocycles. The summed E-state index contributed by atoms with van der Waals surface area (Å²) in [6.45, 7) is 2.60. The van der Waals surface area contributed by atoms with Crippen molar-refractivity contribution in [1.82, 2.24) is 9.80 Å². The predicted octanol–water partition coefficient (Wildman–Crippen LogP) is 2.01. The van der Waals surface area contributed by atoms with E-state index in [2.05, 4.69) is 20.4 Å². The molecule has 0 saturated carbocycles. The zero-order valence-corrected chi connectivity index (χ0v) is 13.4. The third-order valence-electron chi connectivity index (χ3n) is 2.91. The predicted molar refractivity (Wildman–Crippen MR) is 89.8 cm³/mol. The van der Waals surface area contributed by atoms with Gasteiger partial charge in [-0.25, -0.2) is 0 Å². The average molecular weight is 304 g/mol. The van der Waals surface area contributed by atoms with Gasteiger partial charge in [-0.05, 0) is 24.6 Å². The summed E-state index contributed by atoms with van der Waals surface area (Å²) < 4.78 is 0. The van der Waals surface area contributed by atoms with Crippen LogP contribution in [-0.2, 0) is 0 Å². The Morgan fingerprint density at radius 3 is 2.91 bits per heavy atom. The number of likely N-dealkylation sites (N-methyl/N-ethyl adjacent to an activating group) is 2. The van der Waals surface area contributed by atoms with Gasteiger partial charge in [0, 0.05) is 26.8 Å². The van der Waals surface area contributed by atoms with Crippen molar-refractivity contribution >= 4 is 12.2 Å². The van der Waals surface area contributed by atoms with Crippen molar-refractivity contribution in [3.05, 3.63) is 36.6 Å². The topological polar surface area (TPSA) is 76.2 Å². The van der Waals surface area contributed by atoms with Gasteiger partial charge in [-0.15, -0.1) is 15.3 Å². The highest BCUT2D eigenvalue weighted by Gasteiger charge is 2.07. The molecule has 0 spiro atoms. The number of hydrogen-bond donors (Lipinski definition) is 1. The average Bonchev–Trinajstić information content (AvgIpc) is 2.51. The first-order valence-electron chi connectivity index (χ1n) is 7.24. The first kappa shape index (κ1) is 17.8. The zero-order chi connectivity index (χ0) is 16.2. The Balaban J connectivity index is 2.62. The number of azo groups is 1. The van der Waals surface area contributed by atoms with E-state index in [1.165, 1.54) is 6.34 Å². The molecule has 0 radical (unpaired) electrons. The maximum Gasteiger partial charge on any atom is 0.161 e. The molecule has 0 bridgehead atoms. The standard InChI is InChI=1S/C15H24N6O/c1-4-5-8-14(21(3)11-12-22)18-16-13-17-19-15-9-6-7-10-20(15)2/h5-10,13,15,22H,4,11-12H2,1-3H3/b8-5-,16-13+,18-14+,19-17?. The summed E-state index contributed by atoms with van der Waals surface area (Å²) in [6.07, 6.45) is 13.7. The van der Waals surface area contributed by atoms with Crippen molar-refractivity contribution in [3.8, 4) is 0 Å². The second-order valence-corrected chi connectivity index (χ2v) is 4.68. The monoisotopic (exact) mass is 304 g/mol. The maximum atomic E-state index is 8.98. The van der Waals surface area contributed by atoms with E-state index in [0.717, 1.165) is 6.42 Å².